The Labute approximate surface area is 134 Å². The van der Waals surface area contributed by atoms with E-state index in [1.54, 1.807) is 24.3 Å². The average Bonchev–Trinajstić information content (AvgIpc) is 2.55. The molecule has 0 aliphatic heterocycles. The zero-order chi connectivity index (χ0) is 16.4. The smallest absolute Gasteiger partial charge is 0.179 e. The Morgan fingerprint density at radius 2 is 1.57 bits per heavy atom. The first-order chi connectivity index (χ1) is 10.9. The van der Waals surface area contributed by atoms with Gasteiger partial charge in [0, 0.05) is 17.4 Å². The molecule has 1 heterocycles. The molecule has 2 aromatic carbocycles. The summed E-state index contributed by atoms with van der Waals surface area (Å²) in [6.07, 6.45) is 2.46. The predicted molar refractivity (Wildman–Crippen MR) is 87.7 cm³/mol. The molecule has 0 saturated carbocycles. The monoisotopic (exact) mass is 326 g/mol. The third kappa shape index (κ3) is 3.22. The second-order valence-electron chi connectivity index (χ2n) is 5.09. The van der Waals surface area contributed by atoms with Gasteiger partial charge in [-0.05, 0) is 24.3 Å². The van der Waals surface area contributed by atoms with Crippen molar-refractivity contribution in [3.8, 4) is 28.4 Å². The molecule has 1 N–H and O–H groups in total. The first kappa shape index (κ1) is 15.2. The van der Waals surface area contributed by atoms with Crippen molar-refractivity contribution < 1.29 is 13.5 Å². The molecule has 3 aromatic rings. The molecule has 0 unspecified atom stereocenters. The maximum Gasteiger partial charge on any atom is 0.179 e. The Morgan fingerprint density at radius 3 is 2.17 bits per heavy atom. The van der Waals surface area contributed by atoms with Crippen molar-refractivity contribution in [3.63, 3.8) is 0 Å². The first-order valence-electron chi connectivity index (χ1n) is 6.87. The van der Waals surface area contributed by atoms with E-state index in [0.717, 1.165) is 6.26 Å². The number of sulfone groups is 1. The summed E-state index contributed by atoms with van der Waals surface area (Å²) in [5.41, 5.74) is 1.77. The van der Waals surface area contributed by atoms with E-state index >= 15 is 0 Å². The summed E-state index contributed by atoms with van der Waals surface area (Å²) in [6.45, 7) is 0. The SMILES string of the molecule is CS(=O)(=O)c1cnc(-c2ccc(O)cc2)nc1-c1ccccc1. The molecule has 0 amide bonds. The van der Waals surface area contributed by atoms with Crippen LogP contribution in [0, 0.1) is 0 Å². The Kier molecular flexibility index (Phi) is 3.83. The van der Waals surface area contributed by atoms with Crippen molar-refractivity contribution in [2.75, 3.05) is 6.26 Å². The summed E-state index contributed by atoms with van der Waals surface area (Å²) in [6, 6.07) is 15.5. The normalized spacial score (nSPS) is 11.3. The standard InChI is InChI=1S/C17H14N2O3S/c1-23(21,22)15-11-18-17(13-7-9-14(20)10-8-13)19-16(15)12-5-3-2-4-6-12/h2-11,20H,1H3. The zero-order valence-electron chi connectivity index (χ0n) is 12.3. The van der Waals surface area contributed by atoms with E-state index in [1.807, 2.05) is 18.2 Å². The lowest BCUT2D eigenvalue weighted by atomic mass is 10.1. The highest BCUT2D eigenvalue weighted by molar-refractivity contribution is 7.90. The van der Waals surface area contributed by atoms with Crippen LogP contribution in [0.3, 0.4) is 0 Å². The summed E-state index contributed by atoms with van der Waals surface area (Å²) in [7, 11) is -3.45. The highest BCUT2D eigenvalue weighted by Gasteiger charge is 2.18. The van der Waals surface area contributed by atoms with Gasteiger partial charge in [0.1, 0.15) is 10.6 Å². The van der Waals surface area contributed by atoms with Crippen LogP contribution in [0.15, 0.2) is 65.7 Å². The molecule has 1 aromatic heterocycles. The molecule has 0 bridgehead atoms. The van der Waals surface area contributed by atoms with Crippen LogP contribution in [0.25, 0.3) is 22.6 Å². The van der Waals surface area contributed by atoms with Gasteiger partial charge in [0.25, 0.3) is 0 Å². The Bertz CT molecular complexity index is 937. The van der Waals surface area contributed by atoms with Gasteiger partial charge in [0.15, 0.2) is 15.7 Å². The van der Waals surface area contributed by atoms with Crippen molar-refractivity contribution in [3.05, 3.63) is 60.8 Å². The molecule has 0 saturated heterocycles. The van der Waals surface area contributed by atoms with E-state index in [0.29, 0.717) is 22.6 Å². The summed E-state index contributed by atoms with van der Waals surface area (Å²) in [5.74, 6) is 0.543. The molecule has 116 valence electrons. The minimum atomic E-state index is -3.45. The summed E-state index contributed by atoms with van der Waals surface area (Å²) in [4.78, 5) is 8.69. The van der Waals surface area contributed by atoms with Crippen LogP contribution >= 0.6 is 0 Å². The van der Waals surface area contributed by atoms with Crippen molar-refractivity contribution in [1.29, 1.82) is 0 Å². The maximum atomic E-state index is 12.0. The number of nitrogens with zero attached hydrogens (tertiary/aromatic N) is 2. The van der Waals surface area contributed by atoms with E-state index in [2.05, 4.69) is 9.97 Å². The largest absolute Gasteiger partial charge is 0.508 e. The van der Waals surface area contributed by atoms with Crippen molar-refractivity contribution in [1.82, 2.24) is 9.97 Å². The van der Waals surface area contributed by atoms with Crippen molar-refractivity contribution in [2.24, 2.45) is 0 Å². The number of phenolic OH excluding ortho intramolecular Hbond substituents is 1. The van der Waals surface area contributed by atoms with Crippen molar-refractivity contribution >= 4 is 9.84 Å². The van der Waals surface area contributed by atoms with E-state index in [-0.39, 0.29) is 10.6 Å². The van der Waals surface area contributed by atoms with E-state index < -0.39 is 9.84 Å². The molecule has 6 heteroatoms. The molecule has 3 rings (SSSR count). The lowest BCUT2D eigenvalue weighted by Crippen LogP contribution is -2.04. The van der Waals surface area contributed by atoms with Gasteiger partial charge in [0.05, 0.1) is 11.9 Å². The third-order valence-electron chi connectivity index (χ3n) is 3.33. The lowest BCUT2D eigenvalue weighted by molar-refractivity contribution is 0.475. The number of hydrogen-bond donors (Lipinski definition) is 1. The minimum absolute atomic E-state index is 0.0891. The van der Waals surface area contributed by atoms with Gasteiger partial charge in [-0.25, -0.2) is 18.4 Å². The Hall–Kier alpha value is -2.73. The van der Waals surface area contributed by atoms with Gasteiger partial charge in [-0.2, -0.15) is 0 Å². The fourth-order valence-corrected chi connectivity index (χ4v) is 2.95. The molecule has 0 fully saturated rings. The predicted octanol–water partition coefficient (Wildman–Crippen LogP) is 2.92. The molecule has 0 atom stereocenters. The molecule has 0 radical (unpaired) electrons. The van der Waals surface area contributed by atoms with Crippen LogP contribution in [-0.4, -0.2) is 29.7 Å². The number of phenols is 1. The Morgan fingerprint density at radius 1 is 0.913 bits per heavy atom. The number of benzene rings is 2. The summed E-state index contributed by atoms with van der Waals surface area (Å²) in [5, 5.41) is 9.37. The highest BCUT2D eigenvalue weighted by atomic mass is 32.2. The maximum absolute atomic E-state index is 12.0. The van der Waals surface area contributed by atoms with Gasteiger partial charge in [-0.3, -0.25) is 0 Å². The van der Waals surface area contributed by atoms with Gasteiger partial charge >= 0.3 is 0 Å². The molecule has 0 spiro atoms. The van der Waals surface area contributed by atoms with Gasteiger partial charge < -0.3 is 5.11 Å². The first-order valence-corrected chi connectivity index (χ1v) is 8.76. The van der Waals surface area contributed by atoms with Crippen LogP contribution in [0.4, 0.5) is 0 Å². The number of aromatic hydroxyl groups is 1. The van der Waals surface area contributed by atoms with E-state index in [9.17, 15) is 13.5 Å². The molecule has 5 nitrogen and oxygen atoms in total. The molecular weight excluding hydrogens is 312 g/mol. The molecular formula is C17H14N2O3S. The molecule has 23 heavy (non-hydrogen) atoms. The van der Waals surface area contributed by atoms with Crippen LogP contribution < -0.4 is 0 Å². The summed E-state index contributed by atoms with van der Waals surface area (Å²) >= 11 is 0. The fraction of sp³-hybridized carbons (Fsp3) is 0.0588. The second kappa shape index (κ2) is 5.81. The van der Waals surface area contributed by atoms with E-state index in [1.165, 1.54) is 18.3 Å². The van der Waals surface area contributed by atoms with Crippen LogP contribution in [0.1, 0.15) is 0 Å². The van der Waals surface area contributed by atoms with E-state index in [4.69, 9.17) is 0 Å². The van der Waals surface area contributed by atoms with Gasteiger partial charge in [-0.1, -0.05) is 30.3 Å². The lowest BCUT2D eigenvalue weighted by Gasteiger charge is -2.09. The molecule has 0 aliphatic carbocycles. The van der Waals surface area contributed by atoms with Crippen LogP contribution in [-0.2, 0) is 9.84 Å². The van der Waals surface area contributed by atoms with Crippen LogP contribution in [0.5, 0.6) is 5.75 Å². The Balaban J connectivity index is 2.21. The molecule has 0 aliphatic rings. The fourth-order valence-electron chi connectivity index (χ4n) is 2.19. The van der Waals surface area contributed by atoms with Crippen LogP contribution in [0.2, 0.25) is 0 Å². The topological polar surface area (TPSA) is 80.2 Å². The van der Waals surface area contributed by atoms with Crippen molar-refractivity contribution in [2.45, 2.75) is 4.90 Å². The summed E-state index contributed by atoms with van der Waals surface area (Å²) < 4.78 is 24.0. The third-order valence-corrected chi connectivity index (χ3v) is 4.43. The van der Waals surface area contributed by atoms with Gasteiger partial charge in [0.2, 0.25) is 0 Å². The quantitative estimate of drug-likeness (QED) is 0.800. The highest BCUT2D eigenvalue weighted by Crippen LogP contribution is 2.27. The van der Waals surface area contributed by atoms with Gasteiger partial charge in [-0.15, -0.1) is 0 Å². The number of hydrogen-bond acceptors (Lipinski definition) is 5. The number of rotatable bonds is 3. The second-order valence-corrected chi connectivity index (χ2v) is 7.08. The average molecular weight is 326 g/mol. The number of aromatic nitrogens is 2. The zero-order valence-corrected chi connectivity index (χ0v) is 13.2. The minimum Gasteiger partial charge on any atom is -0.508 e.